The van der Waals surface area contributed by atoms with Gasteiger partial charge in [-0.05, 0) is 24.3 Å². The molecule has 90 valence electrons. The highest BCUT2D eigenvalue weighted by Gasteiger charge is 1.92. The molecule has 0 bridgehead atoms. The van der Waals surface area contributed by atoms with Crippen LogP contribution in [0.1, 0.15) is 0 Å². The van der Waals surface area contributed by atoms with Crippen molar-refractivity contribution in [3.8, 4) is 11.5 Å². The number of carbonyl (C=O) groups is 1. The fraction of sp³-hybridized carbons (Fsp3) is 0. The van der Waals surface area contributed by atoms with E-state index in [9.17, 15) is 0 Å². The highest BCUT2D eigenvalue weighted by molar-refractivity contribution is 5.85. The summed E-state index contributed by atoms with van der Waals surface area (Å²) >= 11 is 0. The van der Waals surface area contributed by atoms with Crippen LogP contribution in [0, 0.1) is 0 Å². The van der Waals surface area contributed by atoms with E-state index in [0.29, 0.717) is 0 Å². The lowest BCUT2D eigenvalue weighted by Crippen LogP contribution is -1.81. The molecule has 0 saturated heterocycles. The van der Waals surface area contributed by atoms with Crippen LogP contribution in [0.3, 0.4) is 0 Å². The van der Waals surface area contributed by atoms with Crippen LogP contribution in [0.4, 0.5) is 0 Å². The minimum absolute atomic E-state index is 0. The number of carboxylic acid groups (broad SMARTS) is 1. The molecule has 0 aliphatic heterocycles. The Bertz CT molecular complexity index is 366. The maximum atomic E-state index is 8.36. The molecule has 0 unspecified atom stereocenters. The van der Waals surface area contributed by atoms with Gasteiger partial charge >= 0.3 is 0 Å². The molecule has 0 aromatic heterocycles. The average molecular weight is 253 g/mol. The molecule has 0 aliphatic rings. The standard InChI is InChI=1S/C12H10O.CH2O2.ClH/c1-3-7-11(8-4-1)13-12-9-5-2-6-10-12;2-1-3;/h1-10H;1H,(H,2,3);1H. The predicted molar refractivity (Wildman–Crippen MR) is 68.9 cm³/mol. The van der Waals surface area contributed by atoms with Crippen molar-refractivity contribution in [2.45, 2.75) is 0 Å². The summed E-state index contributed by atoms with van der Waals surface area (Å²) in [4.78, 5) is 8.36. The van der Waals surface area contributed by atoms with Crippen molar-refractivity contribution < 1.29 is 14.6 Å². The van der Waals surface area contributed by atoms with Gasteiger partial charge in [0.15, 0.2) is 0 Å². The molecule has 0 fully saturated rings. The van der Waals surface area contributed by atoms with Crippen molar-refractivity contribution in [3.05, 3.63) is 60.7 Å². The van der Waals surface area contributed by atoms with Crippen LogP contribution in [-0.2, 0) is 4.79 Å². The van der Waals surface area contributed by atoms with Crippen molar-refractivity contribution in [2.24, 2.45) is 0 Å². The van der Waals surface area contributed by atoms with E-state index in [2.05, 4.69) is 0 Å². The lowest BCUT2D eigenvalue weighted by Gasteiger charge is -2.03. The summed E-state index contributed by atoms with van der Waals surface area (Å²) in [5.74, 6) is 1.74. The van der Waals surface area contributed by atoms with Crippen molar-refractivity contribution in [2.75, 3.05) is 0 Å². The van der Waals surface area contributed by atoms with Crippen molar-refractivity contribution in [3.63, 3.8) is 0 Å². The van der Waals surface area contributed by atoms with Crippen LogP contribution in [0.5, 0.6) is 11.5 Å². The number of rotatable bonds is 2. The van der Waals surface area contributed by atoms with Crippen LogP contribution in [0.25, 0.3) is 0 Å². The summed E-state index contributed by atoms with van der Waals surface area (Å²) in [5.41, 5.74) is 0. The van der Waals surface area contributed by atoms with Gasteiger partial charge in [-0.2, -0.15) is 0 Å². The third kappa shape index (κ3) is 6.22. The van der Waals surface area contributed by atoms with Crippen LogP contribution >= 0.6 is 12.4 Å². The summed E-state index contributed by atoms with van der Waals surface area (Å²) in [6.45, 7) is -0.250. The minimum atomic E-state index is -0.250. The Balaban J connectivity index is 0.000000583. The van der Waals surface area contributed by atoms with Gasteiger partial charge in [-0.1, -0.05) is 36.4 Å². The minimum Gasteiger partial charge on any atom is -0.483 e. The number of ether oxygens (including phenoxy) is 1. The largest absolute Gasteiger partial charge is 0.483 e. The average Bonchev–Trinajstić information content (AvgIpc) is 2.33. The first-order valence-corrected chi connectivity index (χ1v) is 4.72. The molecule has 0 amide bonds. The molecule has 0 saturated carbocycles. The van der Waals surface area contributed by atoms with E-state index in [1.807, 2.05) is 60.7 Å². The normalized spacial score (nSPS) is 8.00. The number of benzene rings is 2. The third-order valence-corrected chi connectivity index (χ3v) is 1.72. The van der Waals surface area contributed by atoms with E-state index in [1.54, 1.807) is 0 Å². The van der Waals surface area contributed by atoms with E-state index in [-0.39, 0.29) is 18.9 Å². The maximum absolute atomic E-state index is 8.36. The molecular formula is C13H13ClO3. The van der Waals surface area contributed by atoms with Crippen LogP contribution in [0.15, 0.2) is 60.7 Å². The summed E-state index contributed by atoms with van der Waals surface area (Å²) < 4.78 is 5.58. The molecule has 0 atom stereocenters. The van der Waals surface area contributed by atoms with Gasteiger partial charge in [-0.25, -0.2) is 0 Å². The summed E-state index contributed by atoms with van der Waals surface area (Å²) in [5, 5.41) is 6.89. The Labute approximate surface area is 106 Å². The van der Waals surface area contributed by atoms with Crippen LogP contribution in [-0.4, -0.2) is 11.6 Å². The summed E-state index contributed by atoms with van der Waals surface area (Å²) in [6.07, 6.45) is 0. The monoisotopic (exact) mass is 252 g/mol. The highest BCUT2D eigenvalue weighted by Crippen LogP contribution is 2.19. The summed E-state index contributed by atoms with van der Waals surface area (Å²) in [6, 6.07) is 19.5. The Kier molecular flexibility index (Phi) is 8.15. The Morgan fingerprint density at radius 2 is 1.12 bits per heavy atom. The Morgan fingerprint density at radius 1 is 0.824 bits per heavy atom. The van der Waals surface area contributed by atoms with E-state index in [1.165, 1.54) is 0 Å². The smallest absolute Gasteiger partial charge is 0.290 e. The van der Waals surface area contributed by atoms with E-state index < -0.39 is 0 Å². The second-order valence-corrected chi connectivity index (χ2v) is 2.83. The molecule has 17 heavy (non-hydrogen) atoms. The van der Waals surface area contributed by atoms with Gasteiger partial charge in [0, 0.05) is 0 Å². The van der Waals surface area contributed by atoms with Gasteiger partial charge in [0.25, 0.3) is 6.47 Å². The zero-order valence-corrected chi connectivity index (χ0v) is 9.84. The predicted octanol–water partition coefficient (Wildman–Crippen LogP) is 3.60. The Hall–Kier alpha value is -2.00. The molecule has 0 heterocycles. The third-order valence-electron chi connectivity index (χ3n) is 1.72. The van der Waals surface area contributed by atoms with Crippen LogP contribution in [0.2, 0.25) is 0 Å². The topological polar surface area (TPSA) is 46.5 Å². The second kappa shape index (κ2) is 9.24. The van der Waals surface area contributed by atoms with Gasteiger partial charge in [-0.15, -0.1) is 12.4 Å². The molecule has 4 heteroatoms. The fourth-order valence-electron chi connectivity index (χ4n) is 1.11. The quantitative estimate of drug-likeness (QED) is 0.831. The lowest BCUT2D eigenvalue weighted by molar-refractivity contribution is -0.122. The molecule has 3 nitrogen and oxygen atoms in total. The van der Waals surface area contributed by atoms with Gasteiger partial charge in [-0.3, -0.25) is 4.79 Å². The fourth-order valence-corrected chi connectivity index (χ4v) is 1.11. The SMILES string of the molecule is Cl.O=CO.c1ccc(Oc2ccccc2)cc1. The van der Waals surface area contributed by atoms with Gasteiger partial charge in [0.2, 0.25) is 0 Å². The van der Waals surface area contributed by atoms with Crippen LogP contribution < -0.4 is 4.74 Å². The first-order chi connectivity index (χ1) is 7.86. The van der Waals surface area contributed by atoms with Crippen molar-refractivity contribution in [1.82, 2.24) is 0 Å². The number of hydrogen-bond donors (Lipinski definition) is 1. The first-order valence-electron chi connectivity index (χ1n) is 4.72. The molecule has 1 N–H and O–H groups in total. The van der Waals surface area contributed by atoms with Crippen molar-refractivity contribution >= 4 is 18.9 Å². The molecular weight excluding hydrogens is 240 g/mol. The molecule has 2 aromatic carbocycles. The maximum Gasteiger partial charge on any atom is 0.290 e. The molecule has 2 rings (SSSR count). The lowest BCUT2D eigenvalue weighted by atomic mass is 10.3. The zero-order valence-electron chi connectivity index (χ0n) is 9.02. The van der Waals surface area contributed by atoms with E-state index >= 15 is 0 Å². The highest BCUT2D eigenvalue weighted by atomic mass is 35.5. The van der Waals surface area contributed by atoms with Gasteiger partial charge in [0.05, 0.1) is 0 Å². The molecule has 0 spiro atoms. The number of hydrogen-bond acceptors (Lipinski definition) is 2. The zero-order chi connectivity index (χ0) is 11.6. The van der Waals surface area contributed by atoms with E-state index in [4.69, 9.17) is 14.6 Å². The van der Waals surface area contributed by atoms with Crippen molar-refractivity contribution in [1.29, 1.82) is 0 Å². The second-order valence-electron chi connectivity index (χ2n) is 2.83. The van der Waals surface area contributed by atoms with Gasteiger partial charge < -0.3 is 9.84 Å². The first kappa shape index (κ1) is 15.0. The molecule has 0 aliphatic carbocycles. The molecule has 0 radical (unpaired) electrons. The van der Waals surface area contributed by atoms with Gasteiger partial charge in [0.1, 0.15) is 11.5 Å². The number of halogens is 1. The van der Waals surface area contributed by atoms with E-state index in [0.717, 1.165) is 11.5 Å². The number of para-hydroxylation sites is 2. The Morgan fingerprint density at radius 3 is 1.41 bits per heavy atom. The summed E-state index contributed by atoms with van der Waals surface area (Å²) in [7, 11) is 0. The molecule has 2 aromatic rings.